The monoisotopic (exact) mass is 540 g/mol. The van der Waals surface area contributed by atoms with Crippen molar-refractivity contribution in [3.8, 4) is 0 Å². The highest BCUT2D eigenvalue weighted by Gasteiger charge is 2.57. The third kappa shape index (κ3) is 3.52. The number of hydrazone groups is 1. The van der Waals surface area contributed by atoms with Crippen molar-refractivity contribution in [2.45, 2.75) is 51.0 Å². The lowest BCUT2D eigenvalue weighted by molar-refractivity contribution is -0.159. The number of hydrogen-bond acceptors (Lipinski definition) is 2. The number of rotatable bonds is 3. The Morgan fingerprint density at radius 2 is 1.35 bits per heavy atom. The topological polar surface area (TPSA) is 32.7 Å². The first-order valence-electron chi connectivity index (χ1n) is 11.4. The Labute approximate surface area is 200 Å². The van der Waals surface area contributed by atoms with Crippen LogP contribution in [0.2, 0.25) is 0 Å². The van der Waals surface area contributed by atoms with Gasteiger partial charge in [-0.25, -0.2) is 5.01 Å². The SMILES string of the molecule is O=C(N1N=C(c2ccc(Br)cc2)C[C@H]1c1ccc(Br)cc1)C12CC3CC(CC(C3)C1)C2. The van der Waals surface area contributed by atoms with E-state index in [9.17, 15) is 4.79 Å². The number of carbonyl (C=O) groups is 1. The molecule has 0 saturated heterocycles. The zero-order valence-corrected chi connectivity index (χ0v) is 20.6. The molecule has 0 aromatic heterocycles. The summed E-state index contributed by atoms with van der Waals surface area (Å²) in [6.45, 7) is 0. The quantitative estimate of drug-likeness (QED) is 0.407. The van der Waals surface area contributed by atoms with E-state index < -0.39 is 0 Å². The van der Waals surface area contributed by atoms with Gasteiger partial charge in [0.1, 0.15) is 0 Å². The Balaban J connectivity index is 1.37. The van der Waals surface area contributed by atoms with Crippen LogP contribution in [0.4, 0.5) is 0 Å². The summed E-state index contributed by atoms with van der Waals surface area (Å²) in [6, 6.07) is 16.7. The second-order valence-corrected chi connectivity index (χ2v) is 12.0. The summed E-state index contributed by atoms with van der Waals surface area (Å²) in [7, 11) is 0. The molecule has 5 aliphatic rings. The molecular weight excluding hydrogens is 516 g/mol. The van der Waals surface area contributed by atoms with Gasteiger partial charge in [-0.3, -0.25) is 4.79 Å². The smallest absolute Gasteiger partial charge is 0.249 e. The first-order chi connectivity index (χ1) is 15.0. The molecule has 0 spiro atoms. The fourth-order valence-electron chi connectivity index (χ4n) is 7.07. The number of amides is 1. The van der Waals surface area contributed by atoms with Crippen LogP contribution in [-0.4, -0.2) is 16.6 Å². The molecule has 5 heteroatoms. The van der Waals surface area contributed by atoms with Gasteiger partial charge >= 0.3 is 0 Å². The first-order valence-corrected chi connectivity index (χ1v) is 13.0. The largest absolute Gasteiger partial charge is 0.272 e. The van der Waals surface area contributed by atoms with Crippen molar-refractivity contribution in [2.24, 2.45) is 28.3 Å². The van der Waals surface area contributed by atoms with E-state index in [2.05, 4.69) is 80.4 Å². The maximum atomic E-state index is 14.2. The fraction of sp³-hybridized carbons (Fsp3) is 0.462. The fourth-order valence-corrected chi connectivity index (χ4v) is 7.60. The highest BCUT2D eigenvalue weighted by atomic mass is 79.9. The van der Waals surface area contributed by atoms with E-state index in [0.29, 0.717) is 0 Å². The van der Waals surface area contributed by atoms with Crippen molar-refractivity contribution in [2.75, 3.05) is 0 Å². The molecule has 0 radical (unpaired) electrons. The number of nitrogens with zero attached hydrogens (tertiary/aromatic N) is 2. The van der Waals surface area contributed by atoms with Gasteiger partial charge in [-0.1, -0.05) is 56.1 Å². The number of carbonyl (C=O) groups excluding carboxylic acids is 1. The third-order valence-corrected chi connectivity index (χ3v) is 9.10. The van der Waals surface area contributed by atoms with Crippen molar-refractivity contribution < 1.29 is 4.79 Å². The molecule has 4 bridgehead atoms. The molecule has 7 rings (SSSR count). The first kappa shape index (κ1) is 20.2. The van der Waals surface area contributed by atoms with Crippen molar-refractivity contribution in [3.63, 3.8) is 0 Å². The Hall–Kier alpha value is -1.46. The Morgan fingerprint density at radius 3 is 1.90 bits per heavy atom. The van der Waals surface area contributed by atoms with Crippen LogP contribution >= 0.6 is 31.9 Å². The zero-order chi connectivity index (χ0) is 21.2. The molecule has 2 aromatic carbocycles. The van der Waals surface area contributed by atoms with E-state index in [1.54, 1.807) is 0 Å². The Morgan fingerprint density at radius 1 is 0.839 bits per heavy atom. The Bertz CT molecular complexity index is 1010. The zero-order valence-electron chi connectivity index (χ0n) is 17.4. The predicted molar refractivity (Wildman–Crippen MR) is 130 cm³/mol. The summed E-state index contributed by atoms with van der Waals surface area (Å²) in [5, 5.41) is 6.88. The molecule has 31 heavy (non-hydrogen) atoms. The van der Waals surface area contributed by atoms with E-state index in [-0.39, 0.29) is 17.4 Å². The summed E-state index contributed by atoms with van der Waals surface area (Å²) in [5.74, 6) is 2.53. The minimum atomic E-state index is -0.180. The van der Waals surface area contributed by atoms with Crippen LogP contribution in [-0.2, 0) is 4.79 Å². The van der Waals surface area contributed by atoms with Crippen molar-refractivity contribution in [3.05, 3.63) is 68.6 Å². The number of benzene rings is 2. The van der Waals surface area contributed by atoms with E-state index in [1.807, 2.05) is 5.01 Å². The standard InChI is InChI=1S/C26H26Br2N2O/c27-21-5-1-19(2-6-21)23-12-24(20-3-7-22(28)8-4-20)30(29-23)25(31)26-13-16-9-17(14-26)11-18(10-16)15-26/h1-8,16-18,24H,9-15H2/t16?,17?,18?,24-,26?/m0/s1. The molecule has 1 aliphatic heterocycles. The summed E-state index contributed by atoms with van der Waals surface area (Å²) in [5.41, 5.74) is 3.10. The van der Waals surface area contributed by atoms with E-state index in [0.717, 1.165) is 69.2 Å². The lowest BCUT2D eigenvalue weighted by Gasteiger charge is -2.56. The minimum absolute atomic E-state index is 0.0211. The highest BCUT2D eigenvalue weighted by molar-refractivity contribution is 9.10. The van der Waals surface area contributed by atoms with Crippen LogP contribution in [0.5, 0.6) is 0 Å². The van der Waals surface area contributed by atoms with Gasteiger partial charge in [0.05, 0.1) is 17.2 Å². The van der Waals surface area contributed by atoms with E-state index in [4.69, 9.17) is 5.10 Å². The van der Waals surface area contributed by atoms with Gasteiger partial charge < -0.3 is 0 Å². The molecule has 1 heterocycles. The lowest BCUT2D eigenvalue weighted by atomic mass is 9.49. The number of hydrogen-bond donors (Lipinski definition) is 0. The second kappa shape index (κ2) is 7.55. The average Bonchev–Trinajstić information content (AvgIpc) is 3.18. The minimum Gasteiger partial charge on any atom is -0.272 e. The predicted octanol–water partition coefficient (Wildman–Crippen LogP) is 7.11. The molecule has 2 aromatic rings. The van der Waals surface area contributed by atoms with Gasteiger partial charge in [-0.05, 0) is 91.7 Å². The van der Waals surface area contributed by atoms with E-state index >= 15 is 0 Å². The molecule has 0 N–H and O–H groups in total. The Kier molecular flexibility index (Phi) is 4.91. The van der Waals surface area contributed by atoms with E-state index in [1.165, 1.54) is 19.3 Å². The molecule has 1 amide bonds. The van der Waals surface area contributed by atoms with Gasteiger partial charge in [0.2, 0.25) is 5.91 Å². The van der Waals surface area contributed by atoms with Crippen molar-refractivity contribution in [1.82, 2.24) is 5.01 Å². The van der Waals surface area contributed by atoms with Gasteiger partial charge in [0.15, 0.2) is 0 Å². The maximum absolute atomic E-state index is 14.2. The maximum Gasteiger partial charge on any atom is 0.249 e. The normalized spacial score (nSPS) is 33.6. The molecule has 3 nitrogen and oxygen atoms in total. The number of halogens is 2. The van der Waals surface area contributed by atoms with Crippen LogP contribution < -0.4 is 0 Å². The highest BCUT2D eigenvalue weighted by Crippen LogP contribution is 2.61. The van der Waals surface area contributed by atoms with Crippen LogP contribution in [0.15, 0.2) is 62.6 Å². The van der Waals surface area contributed by atoms with Crippen LogP contribution in [0.1, 0.15) is 62.1 Å². The van der Waals surface area contributed by atoms with Gasteiger partial charge in [0, 0.05) is 15.4 Å². The van der Waals surface area contributed by atoms with Crippen molar-refractivity contribution >= 4 is 43.5 Å². The van der Waals surface area contributed by atoms with Gasteiger partial charge in [0.25, 0.3) is 0 Å². The summed E-state index contributed by atoms with van der Waals surface area (Å²) in [6.07, 6.45) is 8.02. The molecule has 4 fully saturated rings. The lowest BCUT2D eigenvalue weighted by Crippen LogP contribution is -2.53. The average molecular weight is 542 g/mol. The van der Waals surface area contributed by atoms with Gasteiger partial charge in [-0.15, -0.1) is 0 Å². The third-order valence-electron chi connectivity index (χ3n) is 8.04. The van der Waals surface area contributed by atoms with Crippen LogP contribution in [0.25, 0.3) is 0 Å². The summed E-state index contributed by atoms with van der Waals surface area (Å²) >= 11 is 7.07. The summed E-state index contributed by atoms with van der Waals surface area (Å²) in [4.78, 5) is 14.2. The van der Waals surface area contributed by atoms with Crippen LogP contribution in [0, 0.1) is 23.2 Å². The molecule has 160 valence electrons. The molecule has 4 aliphatic carbocycles. The molecule has 1 atom stereocenters. The molecule has 0 unspecified atom stereocenters. The summed E-state index contributed by atoms with van der Waals surface area (Å²) < 4.78 is 2.11. The molecule has 4 saturated carbocycles. The van der Waals surface area contributed by atoms with Crippen LogP contribution in [0.3, 0.4) is 0 Å². The second-order valence-electron chi connectivity index (χ2n) is 10.2. The van der Waals surface area contributed by atoms with Crippen molar-refractivity contribution in [1.29, 1.82) is 0 Å². The van der Waals surface area contributed by atoms with Gasteiger partial charge in [-0.2, -0.15) is 5.10 Å². The molecular formula is C26H26Br2N2O.